The van der Waals surface area contributed by atoms with Crippen LogP contribution in [0.5, 0.6) is 0 Å². The van der Waals surface area contributed by atoms with Crippen molar-refractivity contribution in [1.82, 2.24) is 9.78 Å². The second kappa shape index (κ2) is 4.94. The highest BCUT2D eigenvalue weighted by Gasteiger charge is 2.32. The summed E-state index contributed by atoms with van der Waals surface area (Å²) in [6.07, 6.45) is 8.22. The van der Waals surface area contributed by atoms with Gasteiger partial charge in [0.15, 0.2) is 0 Å². The molecular weight excluding hydrogens is 222 g/mol. The van der Waals surface area contributed by atoms with Gasteiger partial charge < -0.3 is 5.73 Å². The van der Waals surface area contributed by atoms with Crippen LogP contribution >= 0.6 is 0 Å². The molecule has 0 spiro atoms. The largest absolute Gasteiger partial charge is 0.384 e. The fourth-order valence-electron chi connectivity index (χ4n) is 3.14. The van der Waals surface area contributed by atoms with Crippen molar-refractivity contribution in [2.45, 2.75) is 65.8 Å². The zero-order chi connectivity index (χ0) is 13.3. The van der Waals surface area contributed by atoms with E-state index in [-0.39, 0.29) is 0 Å². The summed E-state index contributed by atoms with van der Waals surface area (Å²) in [5.41, 5.74) is 7.67. The first-order chi connectivity index (χ1) is 8.45. The Labute approximate surface area is 111 Å². The predicted octanol–water partition coefficient (Wildman–Crippen LogP) is 3.94. The molecule has 102 valence electrons. The van der Waals surface area contributed by atoms with Gasteiger partial charge in [0.05, 0.1) is 12.2 Å². The van der Waals surface area contributed by atoms with Gasteiger partial charge in [0.25, 0.3) is 0 Å². The van der Waals surface area contributed by atoms with E-state index in [0.717, 1.165) is 17.3 Å². The number of hydrogen-bond donors (Lipinski definition) is 1. The third-order valence-electron chi connectivity index (χ3n) is 5.09. The van der Waals surface area contributed by atoms with E-state index in [0.29, 0.717) is 11.5 Å². The number of rotatable bonds is 3. The minimum Gasteiger partial charge on any atom is -0.384 e. The van der Waals surface area contributed by atoms with Crippen LogP contribution in [0.4, 0.5) is 5.82 Å². The zero-order valence-electron chi connectivity index (χ0n) is 12.2. The van der Waals surface area contributed by atoms with E-state index in [9.17, 15) is 0 Å². The van der Waals surface area contributed by atoms with Crippen LogP contribution in [0.25, 0.3) is 0 Å². The van der Waals surface area contributed by atoms with Gasteiger partial charge >= 0.3 is 0 Å². The zero-order valence-corrected chi connectivity index (χ0v) is 12.2. The summed E-state index contributed by atoms with van der Waals surface area (Å²) in [6.45, 7) is 9.15. The monoisotopic (exact) mass is 249 g/mol. The van der Waals surface area contributed by atoms with Gasteiger partial charge in [-0.1, -0.05) is 27.2 Å². The van der Waals surface area contributed by atoms with Crippen LogP contribution in [0.2, 0.25) is 0 Å². The molecule has 18 heavy (non-hydrogen) atoms. The van der Waals surface area contributed by atoms with Gasteiger partial charge in [0, 0.05) is 5.56 Å². The first kappa shape index (κ1) is 13.4. The van der Waals surface area contributed by atoms with Crippen LogP contribution < -0.4 is 5.73 Å². The maximum Gasteiger partial charge on any atom is 0.124 e. The minimum atomic E-state index is 0.483. The van der Waals surface area contributed by atoms with Crippen molar-refractivity contribution < 1.29 is 0 Å². The Hall–Kier alpha value is -0.990. The molecule has 3 nitrogen and oxygen atoms in total. The lowest BCUT2D eigenvalue weighted by Gasteiger charge is -2.39. The lowest BCUT2D eigenvalue weighted by atomic mass is 9.69. The number of nitrogen functional groups attached to an aromatic ring is 1. The van der Waals surface area contributed by atoms with Crippen LogP contribution in [0.3, 0.4) is 0 Å². The average Bonchev–Trinajstić information content (AvgIpc) is 2.70. The van der Waals surface area contributed by atoms with Crippen molar-refractivity contribution in [2.24, 2.45) is 11.3 Å². The molecule has 1 heterocycles. The average molecular weight is 249 g/mol. The lowest BCUT2D eigenvalue weighted by molar-refractivity contribution is 0.127. The van der Waals surface area contributed by atoms with Crippen LogP contribution in [-0.4, -0.2) is 9.78 Å². The van der Waals surface area contributed by atoms with E-state index in [1.807, 2.05) is 17.8 Å². The van der Waals surface area contributed by atoms with Crippen molar-refractivity contribution in [3.8, 4) is 0 Å². The molecule has 0 saturated heterocycles. The number of hydrogen-bond acceptors (Lipinski definition) is 2. The summed E-state index contributed by atoms with van der Waals surface area (Å²) < 4.78 is 2.05. The van der Waals surface area contributed by atoms with Crippen LogP contribution in [0, 0.1) is 18.3 Å². The van der Waals surface area contributed by atoms with Crippen molar-refractivity contribution in [1.29, 1.82) is 0 Å². The Bertz CT molecular complexity index is 398. The van der Waals surface area contributed by atoms with Gasteiger partial charge in [-0.15, -0.1) is 0 Å². The molecule has 1 aromatic rings. The first-order valence-electron chi connectivity index (χ1n) is 7.25. The first-order valence-corrected chi connectivity index (χ1v) is 7.25. The summed E-state index contributed by atoms with van der Waals surface area (Å²) in [7, 11) is 0. The Morgan fingerprint density at radius 3 is 2.39 bits per heavy atom. The maximum atomic E-state index is 6.08. The third kappa shape index (κ3) is 2.40. The number of nitrogens with two attached hydrogens (primary N) is 1. The van der Waals surface area contributed by atoms with Gasteiger partial charge in [0.2, 0.25) is 0 Å². The van der Waals surface area contributed by atoms with Gasteiger partial charge in [-0.3, -0.25) is 0 Å². The van der Waals surface area contributed by atoms with Gasteiger partial charge in [0.1, 0.15) is 5.82 Å². The number of anilines is 1. The quantitative estimate of drug-likeness (QED) is 0.881. The molecule has 0 aromatic carbocycles. The third-order valence-corrected chi connectivity index (χ3v) is 5.09. The standard InChI is InChI=1S/C15H27N3/c1-5-15(3,4)12-6-8-13(9-7-12)18-14(16)11(2)10-17-18/h10,12-13H,5-9,16H2,1-4H3. The SMILES string of the molecule is CCC(C)(C)C1CCC(n2ncc(C)c2N)CC1. The number of aryl methyl sites for hydroxylation is 1. The fourth-order valence-corrected chi connectivity index (χ4v) is 3.14. The summed E-state index contributed by atoms with van der Waals surface area (Å²) in [6, 6.07) is 0.516. The van der Waals surface area contributed by atoms with E-state index in [1.165, 1.54) is 32.1 Å². The second-order valence-corrected chi connectivity index (χ2v) is 6.50. The Morgan fingerprint density at radius 2 is 1.94 bits per heavy atom. The highest BCUT2D eigenvalue weighted by atomic mass is 15.3. The van der Waals surface area contributed by atoms with Gasteiger partial charge in [-0.05, 0) is 43.9 Å². The van der Waals surface area contributed by atoms with Crippen LogP contribution in [0.15, 0.2) is 6.20 Å². The van der Waals surface area contributed by atoms with E-state index < -0.39 is 0 Å². The molecule has 1 aromatic heterocycles. The second-order valence-electron chi connectivity index (χ2n) is 6.50. The highest BCUT2D eigenvalue weighted by Crippen LogP contribution is 2.43. The van der Waals surface area contributed by atoms with Gasteiger partial charge in [-0.2, -0.15) is 5.10 Å². The van der Waals surface area contributed by atoms with Gasteiger partial charge in [-0.25, -0.2) is 4.68 Å². The van der Waals surface area contributed by atoms with Crippen molar-refractivity contribution in [3.05, 3.63) is 11.8 Å². The number of aromatic nitrogens is 2. The lowest BCUT2D eigenvalue weighted by Crippen LogP contribution is -2.29. The predicted molar refractivity (Wildman–Crippen MR) is 76.4 cm³/mol. The van der Waals surface area contributed by atoms with E-state index in [2.05, 4.69) is 25.9 Å². The highest BCUT2D eigenvalue weighted by molar-refractivity contribution is 5.37. The van der Waals surface area contributed by atoms with Crippen molar-refractivity contribution in [2.75, 3.05) is 5.73 Å². The summed E-state index contributed by atoms with van der Waals surface area (Å²) in [4.78, 5) is 0. The van der Waals surface area contributed by atoms with Crippen molar-refractivity contribution >= 4 is 5.82 Å². The molecule has 1 aliphatic rings. The molecule has 0 bridgehead atoms. The van der Waals surface area contributed by atoms with E-state index >= 15 is 0 Å². The molecule has 2 rings (SSSR count). The molecular formula is C15H27N3. The Kier molecular flexibility index (Phi) is 3.69. The molecule has 3 heteroatoms. The van der Waals surface area contributed by atoms with Crippen molar-refractivity contribution in [3.63, 3.8) is 0 Å². The molecule has 1 fully saturated rings. The molecule has 0 unspecified atom stereocenters. The Morgan fingerprint density at radius 1 is 1.33 bits per heavy atom. The smallest absolute Gasteiger partial charge is 0.124 e. The van der Waals surface area contributed by atoms with Crippen LogP contribution in [-0.2, 0) is 0 Å². The molecule has 0 radical (unpaired) electrons. The summed E-state index contributed by atoms with van der Waals surface area (Å²) in [5.74, 6) is 1.71. The fraction of sp³-hybridized carbons (Fsp3) is 0.800. The van der Waals surface area contributed by atoms with E-state index in [1.54, 1.807) is 0 Å². The molecule has 1 saturated carbocycles. The molecule has 0 amide bonds. The molecule has 0 aliphatic heterocycles. The molecule has 1 aliphatic carbocycles. The summed E-state index contributed by atoms with van der Waals surface area (Å²) in [5, 5.41) is 4.44. The maximum absolute atomic E-state index is 6.08. The summed E-state index contributed by atoms with van der Waals surface area (Å²) >= 11 is 0. The van der Waals surface area contributed by atoms with E-state index in [4.69, 9.17) is 5.73 Å². The van der Waals surface area contributed by atoms with Crippen LogP contribution in [0.1, 0.15) is 64.5 Å². The normalized spacial score (nSPS) is 25.3. The molecule has 2 N–H and O–H groups in total. The number of nitrogens with zero attached hydrogens (tertiary/aromatic N) is 2. The minimum absolute atomic E-state index is 0.483. The molecule has 0 atom stereocenters. The Balaban J connectivity index is 2.01. The topological polar surface area (TPSA) is 43.8 Å².